The molecule has 2 rings (SSSR count). The molecule has 1 unspecified atom stereocenters. The van der Waals surface area contributed by atoms with Gasteiger partial charge in [-0.25, -0.2) is 0 Å². The van der Waals surface area contributed by atoms with Gasteiger partial charge in [0.15, 0.2) is 0 Å². The molecule has 1 aliphatic heterocycles. The third-order valence-electron chi connectivity index (χ3n) is 2.20. The molecule has 1 aromatic rings. The van der Waals surface area contributed by atoms with E-state index in [0.717, 1.165) is 12.3 Å². The largest absolute Gasteiger partial charge is 0.497 e. The van der Waals surface area contributed by atoms with E-state index >= 15 is 0 Å². The molecular weight excluding hydrogens is 166 g/mol. The lowest BCUT2D eigenvalue weighted by Gasteiger charge is -2.08. The Morgan fingerprint density at radius 1 is 1.38 bits per heavy atom. The fourth-order valence-electron chi connectivity index (χ4n) is 1.44. The Kier molecular flexibility index (Phi) is 2.47. The highest BCUT2D eigenvalue weighted by molar-refractivity contribution is 5.28. The number of rotatable bonds is 2. The number of ether oxygens (including phenoxy) is 2. The fraction of sp³-hybridized carbons (Fsp3) is 0.400. The van der Waals surface area contributed by atoms with E-state index in [2.05, 4.69) is 5.32 Å². The van der Waals surface area contributed by atoms with Crippen molar-refractivity contribution in [1.82, 2.24) is 5.32 Å². The first kappa shape index (κ1) is 8.53. The molecule has 1 aromatic carbocycles. The van der Waals surface area contributed by atoms with Crippen molar-refractivity contribution < 1.29 is 9.47 Å². The fourth-order valence-corrected chi connectivity index (χ4v) is 1.44. The molecule has 70 valence electrons. The van der Waals surface area contributed by atoms with Crippen LogP contribution in [0.5, 0.6) is 5.75 Å². The molecule has 1 fully saturated rings. The standard InChI is InChI=1S/C10H13NO2/c1-12-9-4-2-8(3-5-9)10-6-11-7-13-10/h2-5,10-11H,6-7H2,1H3. The molecule has 0 aliphatic carbocycles. The first-order valence-electron chi connectivity index (χ1n) is 4.36. The number of methoxy groups -OCH3 is 1. The predicted octanol–water partition coefficient (Wildman–Crippen LogP) is 1.31. The summed E-state index contributed by atoms with van der Waals surface area (Å²) >= 11 is 0. The van der Waals surface area contributed by atoms with Crippen LogP contribution in [0, 0.1) is 0 Å². The van der Waals surface area contributed by atoms with Crippen molar-refractivity contribution >= 4 is 0 Å². The van der Waals surface area contributed by atoms with E-state index in [1.165, 1.54) is 5.56 Å². The van der Waals surface area contributed by atoms with Gasteiger partial charge in [0.1, 0.15) is 5.75 Å². The molecule has 1 aliphatic rings. The summed E-state index contributed by atoms with van der Waals surface area (Å²) in [5, 5.41) is 3.15. The highest BCUT2D eigenvalue weighted by Gasteiger charge is 2.16. The Hall–Kier alpha value is -1.06. The molecule has 0 amide bonds. The maximum absolute atomic E-state index is 5.46. The molecular formula is C10H13NO2. The molecule has 1 heterocycles. The summed E-state index contributed by atoms with van der Waals surface area (Å²) < 4.78 is 10.5. The average molecular weight is 179 g/mol. The Labute approximate surface area is 77.7 Å². The normalized spacial score (nSPS) is 21.8. The van der Waals surface area contributed by atoms with Crippen LogP contribution in [0.4, 0.5) is 0 Å². The lowest BCUT2D eigenvalue weighted by Crippen LogP contribution is -2.07. The first-order chi connectivity index (χ1) is 6.40. The SMILES string of the molecule is COc1ccc(C2CNCO2)cc1. The van der Waals surface area contributed by atoms with Gasteiger partial charge in [0.25, 0.3) is 0 Å². The van der Waals surface area contributed by atoms with Crippen molar-refractivity contribution in [1.29, 1.82) is 0 Å². The minimum Gasteiger partial charge on any atom is -0.497 e. The Morgan fingerprint density at radius 3 is 2.69 bits per heavy atom. The van der Waals surface area contributed by atoms with E-state index in [9.17, 15) is 0 Å². The zero-order chi connectivity index (χ0) is 9.10. The van der Waals surface area contributed by atoms with Gasteiger partial charge in [-0.15, -0.1) is 0 Å². The van der Waals surface area contributed by atoms with Gasteiger partial charge in [0.2, 0.25) is 0 Å². The van der Waals surface area contributed by atoms with Crippen LogP contribution in [0.1, 0.15) is 11.7 Å². The smallest absolute Gasteiger partial charge is 0.118 e. The van der Waals surface area contributed by atoms with Crippen LogP contribution in [0.3, 0.4) is 0 Å². The van der Waals surface area contributed by atoms with Crippen LogP contribution in [-0.2, 0) is 4.74 Å². The lowest BCUT2D eigenvalue weighted by molar-refractivity contribution is 0.114. The molecule has 3 nitrogen and oxygen atoms in total. The third-order valence-corrected chi connectivity index (χ3v) is 2.20. The topological polar surface area (TPSA) is 30.5 Å². The van der Waals surface area contributed by atoms with Gasteiger partial charge in [0.05, 0.1) is 19.9 Å². The van der Waals surface area contributed by atoms with Crippen molar-refractivity contribution in [3.63, 3.8) is 0 Å². The van der Waals surface area contributed by atoms with Crippen LogP contribution < -0.4 is 10.1 Å². The monoisotopic (exact) mass is 179 g/mol. The van der Waals surface area contributed by atoms with E-state index in [-0.39, 0.29) is 6.10 Å². The van der Waals surface area contributed by atoms with Crippen molar-refractivity contribution in [3.05, 3.63) is 29.8 Å². The van der Waals surface area contributed by atoms with E-state index < -0.39 is 0 Å². The van der Waals surface area contributed by atoms with Gasteiger partial charge >= 0.3 is 0 Å². The number of hydrogen-bond donors (Lipinski definition) is 1. The second-order valence-corrected chi connectivity index (χ2v) is 3.03. The van der Waals surface area contributed by atoms with Crippen LogP contribution in [0.2, 0.25) is 0 Å². The van der Waals surface area contributed by atoms with Gasteiger partial charge in [0, 0.05) is 6.54 Å². The molecule has 0 spiro atoms. The number of benzene rings is 1. The molecule has 0 radical (unpaired) electrons. The maximum atomic E-state index is 5.46. The zero-order valence-electron chi connectivity index (χ0n) is 7.62. The van der Waals surface area contributed by atoms with E-state index in [0.29, 0.717) is 6.73 Å². The second kappa shape index (κ2) is 3.77. The van der Waals surface area contributed by atoms with Gasteiger partial charge in [-0.05, 0) is 17.7 Å². The predicted molar refractivity (Wildman–Crippen MR) is 49.7 cm³/mol. The molecule has 13 heavy (non-hydrogen) atoms. The summed E-state index contributed by atoms with van der Waals surface area (Å²) in [6.07, 6.45) is 0.200. The summed E-state index contributed by atoms with van der Waals surface area (Å²) in [5.41, 5.74) is 1.20. The molecule has 1 atom stereocenters. The first-order valence-corrected chi connectivity index (χ1v) is 4.36. The summed E-state index contributed by atoms with van der Waals surface area (Å²) in [6.45, 7) is 1.54. The molecule has 0 aromatic heterocycles. The van der Waals surface area contributed by atoms with Crippen molar-refractivity contribution in [2.45, 2.75) is 6.10 Å². The van der Waals surface area contributed by atoms with E-state index in [4.69, 9.17) is 9.47 Å². The summed E-state index contributed by atoms with van der Waals surface area (Å²) in [6, 6.07) is 7.99. The molecule has 1 saturated heterocycles. The highest BCUT2D eigenvalue weighted by atomic mass is 16.5. The van der Waals surface area contributed by atoms with Crippen LogP contribution in [0.15, 0.2) is 24.3 Å². The second-order valence-electron chi connectivity index (χ2n) is 3.03. The Balaban J connectivity index is 2.12. The average Bonchev–Trinajstić information content (AvgIpc) is 2.71. The van der Waals surface area contributed by atoms with Crippen LogP contribution >= 0.6 is 0 Å². The maximum Gasteiger partial charge on any atom is 0.118 e. The highest BCUT2D eigenvalue weighted by Crippen LogP contribution is 2.21. The minimum absolute atomic E-state index is 0.200. The zero-order valence-corrected chi connectivity index (χ0v) is 7.62. The van der Waals surface area contributed by atoms with Crippen molar-refractivity contribution in [3.8, 4) is 5.75 Å². The lowest BCUT2D eigenvalue weighted by atomic mass is 10.1. The Bertz CT molecular complexity index is 265. The number of nitrogens with one attached hydrogen (secondary N) is 1. The molecule has 1 N–H and O–H groups in total. The molecule has 0 saturated carbocycles. The van der Waals surface area contributed by atoms with E-state index in [1.807, 2.05) is 24.3 Å². The Morgan fingerprint density at radius 2 is 2.15 bits per heavy atom. The quantitative estimate of drug-likeness (QED) is 0.742. The van der Waals surface area contributed by atoms with Gasteiger partial charge in [-0.2, -0.15) is 0 Å². The molecule has 3 heteroatoms. The van der Waals surface area contributed by atoms with Crippen LogP contribution in [-0.4, -0.2) is 20.4 Å². The van der Waals surface area contributed by atoms with Crippen molar-refractivity contribution in [2.75, 3.05) is 20.4 Å². The van der Waals surface area contributed by atoms with Crippen molar-refractivity contribution in [2.24, 2.45) is 0 Å². The summed E-state index contributed by atoms with van der Waals surface area (Å²) in [4.78, 5) is 0. The number of hydrogen-bond acceptors (Lipinski definition) is 3. The van der Waals surface area contributed by atoms with Crippen LogP contribution in [0.25, 0.3) is 0 Å². The van der Waals surface area contributed by atoms with E-state index in [1.54, 1.807) is 7.11 Å². The third kappa shape index (κ3) is 1.82. The summed E-state index contributed by atoms with van der Waals surface area (Å²) in [7, 11) is 1.67. The van der Waals surface area contributed by atoms with Gasteiger partial charge < -0.3 is 9.47 Å². The minimum atomic E-state index is 0.200. The molecule has 0 bridgehead atoms. The van der Waals surface area contributed by atoms with Gasteiger partial charge in [-0.3, -0.25) is 5.32 Å². The van der Waals surface area contributed by atoms with Gasteiger partial charge in [-0.1, -0.05) is 12.1 Å². The summed E-state index contributed by atoms with van der Waals surface area (Å²) in [5.74, 6) is 0.884.